The lowest BCUT2D eigenvalue weighted by Crippen LogP contribution is -2.44. The van der Waals surface area contributed by atoms with Crippen LogP contribution in [0.15, 0.2) is 24.3 Å². The quantitative estimate of drug-likeness (QED) is 0.640. The molecule has 0 amide bonds. The van der Waals surface area contributed by atoms with Crippen LogP contribution in [0.1, 0.15) is 5.56 Å². The van der Waals surface area contributed by atoms with Gasteiger partial charge < -0.3 is 5.73 Å². The first-order valence-electron chi connectivity index (χ1n) is 4.10. The van der Waals surface area contributed by atoms with Crippen LogP contribution in [-0.2, 0) is 5.92 Å². The molecule has 0 aliphatic carbocycles. The number of alkyl halides is 6. The summed E-state index contributed by atoms with van der Waals surface area (Å²) in [7, 11) is 0. The van der Waals surface area contributed by atoms with Gasteiger partial charge in [0.15, 0.2) is 0 Å². The third kappa shape index (κ3) is 1.81. The van der Waals surface area contributed by atoms with E-state index < -0.39 is 29.5 Å². The molecule has 90 valence electrons. The van der Waals surface area contributed by atoms with Crippen molar-refractivity contribution in [1.29, 1.82) is 0 Å². The van der Waals surface area contributed by atoms with Gasteiger partial charge in [0.05, 0.1) is 5.56 Å². The molecule has 16 heavy (non-hydrogen) atoms. The van der Waals surface area contributed by atoms with Crippen LogP contribution < -0.4 is 5.73 Å². The normalized spacial score (nSPS) is 13.2. The summed E-state index contributed by atoms with van der Waals surface area (Å²) in [6, 6.07) is 3.77. The molecule has 0 aliphatic rings. The number of para-hydroxylation sites is 1. The fourth-order valence-electron chi connectivity index (χ4n) is 1.10. The molecule has 0 fully saturated rings. The van der Waals surface area contributed by atoms with E-state index in [-0.39, 0.29) is 0 Å². The number of hydrogen-bond acceptors (Lipinski definition) is 1. The van der Waals surface area contributed by atoms with Crippen LogP contribution in [0.2, 0.25) is 0 Å². The van der Waals surface area contributed by atoms with Crippen molar-refractivity contribution in [3.8, 4) is 0 Å². The van der Waals surface area contributed by atoms with E-state index in [2.05, 4.69) is 0 Å². The smallest absolute Gasteiger partial charge is 0.373 e. The number of hydrogen-bond donors (Lipinski definition) is 1. The molecule has 0 unspecified atom stereocenters. The molecule has 2 N–H and O–H groups in total. The third-order valence-corrected chi connectivity index (χ3v) is 1.99. The Hall–Kier alpha value is -1.40. The molecule has 0 aliphatic heterocycles. The van der Waals surface area contributed by atoms with Crippen LogP contribution in [0, 0.1) is 0 Å². The molecule has 0 atom stereocenters. The highest BCUT2D eigenvalue weighted by Crippen LogP contribution is 2.47. The second-order valence-electron chi connectivity index (χ2n) is 3.09. The van der Waals surface area contributed by atoms with Gasteiger partial charge in [-0.25, -0.2) is 8.78 Å². The number of nitrogens with two attached hydrogens (primary N) is 1. The molecule has 0 radical (unpaired) electrons. The molecule has 0 bridgehead atoms. The van der Waals surface area contributed by atoms with Crippen molar-refractivity contribution >= 4 is 5.69 Å². The predicted octanol–water partition coefficient (Wildman–Crippen LogP) is 3.26. The Bertz CT molecular complexity index is 376. The predicted molar refractivity (Wildman–Crippen MR) is 45.7 cm³/mol. The zero-order valence-electron chi connectivity index (χ0n) is 7.73. The SMILES string of the molecule is Nc1ccccc1C(F)(F)C(F)(F)C(F)F. The Balaban J connectivity index is 3.26. The fraction of sp³-hybridized carbons (Fsp3) is 0.333. The van der Waals surface area contributed by atoms with Crippen LogP contribution in [0.25, 0.3) is 0 Å². The van der Waals surface area contributed by atoms with Crippen molar-refractivity contribution in [2.45, 2.75) is 18.3 Å². The molecular formula is C9H7F6N. The monoisotopic (exact) mass is 243 g/mol. The van der Waals surface area contributed by atoms with Gasteiger partial charge in [0, 0.05) is 5.69 Å². The van der Waals surface area contributed by atoms with Gasteiger partial charge in [-0.05, 0) is 6.07 Å². The van der Waals surface area contributed by atoms with E-state index in [1.807, 2.05) is 0 Å². The first-order chi connectivity index (χ1) is 7.21. The lowest BCUT2D eigenvalue weighted by Gasteiger charge is -2.26. The molecular weight excluding hydrogens is 236 g/mol. The van der Waals surface area contributed by atoms with E-state index in [0.717, 1.165) is 12.1 Å². The first kappa shape index (κ1) is 12.7. The molecule has 0 spiro atoms. The first-order valence-corrected chi connectivity index (χ1v) is 4.10. The lowest BCUT2D eigenvalue weighted by molar-refractivity contribution is -0.270. The Morgan fingerprint density at radius 2 is 1.50 bits per heavy atom. The standard InChI is InChI=1S/C9H7F6N/c10-7(11)9(14,15)8(12,13)5-3-1-2-4-6(5)16/h1-4,7H,16H2. The second kappa shape index (κ2) is 3.88. The molecule has 1 aromatic rings. The van der Waals surface area contributed by atoms with Gasteiger partial charge in [-0.15, -0.1) is 0 Å². The van der Waals surface area contributed by atoms with Crippen LogP contribution in [0.4, 0.5) is 32.0 Å². The average molecular weight is 243 g/mol. The highest BCUT2D eigenvalue weighted by atomic mass is 19.3. The summed E-state index contributed by atoms with van der Waals surface area (Å²) in [5.74, 6) is -10.5. The minimum Gasteiger partial charge on any atom is -0.398 e. The summed E-state index contributed by atoms with van der Waals surface area (Å²) in [6.07, 6.45) is -4.47. The number of benzene rings is 1. The van der Waals surface area contributed by atoms with E-state index >= 15 is 0 Å². The van der Waals surface area contributed by atoms with E-state index in [1.165, 1.54) is 6.07 Å². The average Bonchev–Trinajstić information content (AvgIpc) is 2.17. The molecule has 1 rings (SSSR count). The van der Waals surface area contributed by atoms with Gasteiger partial charge in [-0.2, -0.15) is 17.6 Å². The third-order valence-electron chi connectivity index (χ3n) is 1.99. The van der Waals surface area contributed by atoms with Gasteiger partial charge >= 0.3 is 18.3 Å². The number of halogens is 6. The summed E-state index contributed by atoms with van der Waals surface area (Å²) < 4.78 is 75.2. The van der Waals surface area contributed by atoms with E-state index in [4.69, 9.17) is 5.73 Å². The Labute approximate surface area is 86.9 Å². The minimum absolute atomic E-state index is 0.589. The van der Waals surface area contributed by atoms with Crippen molar-refractivity contribution in [3.05, 3.63) is 29.8 Å². The second-order valence-corrected chi connectivity index (χ2v) is 3.09. The highest BCUT2D eigenvalue weighted by Gasteiger charge is 2.64. The van der Waals surface area contributed by atoms with Crippen molar-refractivity contribution in [3.63, 3.8) is 0 Å². The molecule has 0 saturated heterocycles. The summed E-state index contributed by atoms with van der Waals surface area (Å²) in [4.78, 5) is 0. The Morgan fingerprint density at radius 1 is 1.00 bits per heavy atom. The fourth-order valence-corrected chi connectivity index (χ4v) is 1.10. The summed E-state index contributed by atoms with van der Waals surface area (Å²) >= 11 is 0. The molecule has 0 saturated carbocycles. The summed E-state index contributed by atoms with van der Waals surface area (Å²) in [5.41, 5.74) is 3.08. The van der Waals surface area contributed by atoms with Gasteiger partial charge in [-0.3, -0.25) is 0 Å². The van der Waals surface area contributed by atoms with Gasteiger partial charge in [0.2, 0.25) is 0 Å². The molecule has 0 aromatic heterocycles. The van der Waals surface area contributed by atoms with Crippen molar-refractivity contribution in [2.24, 2.45) is 0 Å². The number of anilines is 1. The van der Waals surface area contributed by atoms with E-state index in [0.29, 0.717) is 6.07 Å². The highest BCUT2D eigenvalue weighted by molar-refractivity contribution is 5.49. The van der Waals surface area contributed by atoms with E-state index in [9.17, 15) is 26.3 Å². The van der Waals surface area contributed by atoms with Crippen LogP contribution >= 0.6 is 0 Å². The lowest BCUT2D eigenvalue weighted by atomic mass is 10.0. The zero-order valence-corrected chi connectivity index (χ0v) is 7.73. The minimum atomic E-state index is -5.46. The molecule has 7 heteroatoms. The topological polar surface area (TPSA) is 26.0 Å². The largest absolute Gasteiger partial charge is 0.398 e. The van der Waals surface area contributed by atoms with Crippen LogP contribution in [-0.4, -0.2) is 12.3 Å². The van der Waals surface area contributed by atoms with Crippen LogP contribution in [0.3, 0.4) is 0 Å². The van der Waals surface area contributed by atoms with Gasteiger partial charge in [-0.1, -0.05) is 18.2 Å². The molecule has 1 nitrogen and oxygen atoms in total. The molecule has 1 aromatic carbocycles. The Kier molecular flexibility index (Phi) is 3.07. The summed E-state index contributed by atoms with van der Waals surface area (Å²) in [5, 5.41) is 0. The summed E-state index contributed by atoms with van der Waals surface area (Å²) in [6.45, 7) is 0. The zero-order chi connectivity index (χ0) is 12.6. The number of rotatable bonds is 3. The van der Waals surface area contributed by atoms with Crippen molar-refractivity contribution in [2.75, 3.05) is 5.73 Å². The van der Waals surface area contributed by atoms with E-state index in [1.54, 1.807) is 0 Å². The van der Waals surface area contributed by atoms with Gasteiger partial charge in [0.1, 0.15) is 0 Å². The maximum absolute atomic E-state index is 13.1. The van der Waals surface area contributed by atoms with Crippen molar-refractivity contribution < 1.29 is 26.3 Å². The maximum atomic E-state index is 13.1. The van der Waals surface area contributed by atoms with Crippen LogP contribution in [0.5, 0.6) is 0 Å². The molecule has 0 heterocycles. The number of nitrogen functional groups attached to an aromatic ring is 1. The Morgan fingerprint density at radius 3 is 1.94 bits per heavy atom. The van der Waals surface area contributed by atoms with Crippen molar-refractivity contribution in [1.82, 2.24) is 0 Å². The maximum Gasteiger partial charge on any atom is 0.373 e. The van der Waals surface area contributed by atoms with Gasteiger partial charge in [0.25, 0.3) is 0 Å².